The number of rotatable bonds is 1. The molecule has 0 saturated carbocycles. The van der Waals surface area contributed by atoms with Crippen LogP contribution in [0, 0.1) is 0 Å². The summed E-state index contributed by atoms with van der Waals surface area (Å²) in [6.45, 7) is 0.439. The summed E-state index contributed by atoms with van der Waals surface area (Å²) in [7, 11) is 0. The Kier molecular flexibility index (Phi) is 1.72. The van der Waals surface area contributed by atoms with E-state index in [0.717, 1.165) is 16.6 Å². The molecule has 2 aromatic heterocycles. The van der Waals surface area contributed by atoms with Crippen LogP contribution in [-0.4, -0.2) is 9.97 Å². The predicted octanol–water partition coefficient (Wildman–Crippen LogP) is 1.09. The number of hydrogen-bond acceptors (Lipinski definition) is 3. The average Bonchev–Trinajstić information content (AvgIpc) is 2.17. The molecular formula is C9H9N3. The molecule has 0 aliphatic heterocycles. The third kappa shape index (κ3) is 1.04. The van der Waals surface area contributed by atoms with Gasteiger partial charge in [-0.15, -0.1) is 0 Å². The van der Waals surface area contributed by atoms with E-state index in [9.17, 15) is 0 Å². The third-order valence-corrected chi connectivity index (χ3v) is 1.79. The molecule has 0 aliphatic rings. The van der Waals surface area contributed by atoms with Gasteiger partial charge in [-0.3, -0.25) is 9.97 Å². The highest BCUT2D eigenvalue weighted by Gasteiger charge is 1.99. The van der Waals surface area contributed by atoms with Gasteiger partial charge in [0.1, 0.15) is 0 Å². The summed E-state index contributed by atoms with van der Waals surface area (Å²) in [6.07, 6.45) is 3.51. The molecule has 12 heavy (non-hydrogen) atoms. The van der Waals surface area contributed by atoms with Crippen molar-refractivity contribution in [1.82, 2.24) is 9.97 Å². The Morgan fingerprint density at radius 3 is 2.92 bits per heavy atom. The molecule has 0 aliphatic carbocycles. The molecule has 0 radical (unpaired) electrons. The lowest BCUT2D eigenvalue weighted by atomic mass is 10.2. The number of fused-ring (bicyclic) bond motifs is 1. The monoisotopic (exact) mass is 159 g/mol. The molecule has 3 nitrogen and oxygen atoms in total. The second-order valence-electron chi connectivity index (χ2n) is 2.54. The van der Waals surface area contributed by atoms with Crippen LogP contribution in [0.3, 0.4) is 0 Å². The van der Waals surface area contributed by atoms with E-state index in [4.69, 9.17) is 5.73 Å². The van der Waals surface area contributed by atoms with E-state index in [1.807, 2.05) is 18.2 Å². The Morgan fingerprint density at radius 1 is 1.17 bits per heavy atom. The van der Waals surface area contributed by atoms with E-state index in [1.165, 1.54) is 0 Å². The minimum Gasteiger partial charge on any atom is -0.325 e. The Labute approximate surface area is 70.3 Å². The molecule has 0 aromatic carbocycles. The van der Waals surface area contributed by atoms with Crippen molar-refractivity contribution in [2.75, 3.05) is 0 Å². The highest BCUT2D eigenvalue weighted by atomic mass is 14.8. The van der Waals surface area contributed by atoms with Crippen molar-refractivity contribution in [2.45, 2.75) is 6.54 Å². The van der Waals surface area contributed by atoms with Gasteiger partial charge in [-0.05, 0) is 12.1 Å². The number of nitrogens with two attached hydrogens (primary N) is 1. The first kappa shape index (κ1) is 7.18. The average molecular weight is 159 g/mol. The Bertz CT molecular complexity index is 392. The van der Waals surface area contributed by atoms with Crippen molar-refractivity contribution < 1.29 is 0 Å². The van der Waals surface area contributed by atoms with Crippen molar-refractivity contribution in [2.24, 2.45) is 5.73 Å². The molecular weight excluding hydrogens is 150 g/mol. The van der Waals surface area contributed by atoms with Crippen molar-refractivity contribution in [3.8, 4) is 0 Å². The molecule has 3 heteroatoms. The normalized spacial score (nSPS) is 10.4. The van der Waals surface area contributed by atoms with Crippen molar-refractivity contribution in [1.29, 1.82) is 0 Å². The lowest BCUT2D eigenvalue weighted by Crippen LogP contribution is -2.00. The van der Waals surface area contributed by atoms with Crippen LogP contribution in [-0.2, 0) is 6.54 Å². The predicted molar refractivity (Wildman–Crippen MR) is 47.4 cm³/mol. The molecule has 60 valence electrons. The van der Waals surface area contributed by atoms with Gasteiger partial charge in [0.05, 0.1) is 11.2 Å². The standard InChI is InChI=1S/C9H9N3/c10-6-8-9-7(3-5-11-8)2-1-4-12-9/h1-5H,6,10H2. The lowest BCUT2D eigenvalue weighted by Gasteiger charge is -1.99. The van der Waals surface area contributed by atoms with E-state index >= 15 is 0 Å². The highest BCUT2D eigenvalue weighted by Crippen LogP contribution is 2.12. The zero-order valence-electron chi connectivity index (χ0n) is 6.57. The summed E-state index contributed by atoms with van der Waals surface area (Å²) in [4.78, 5) is 8.35. The smallest absolute Gasteiger partial charge is 0.0930 e. The van der Waals surface area contributed by atoms with Crippen LogP contribution in [0.1, 0.15) is 5.69 Å². The highest BCUT2D eigenvalue weighted by molar-refractivity contribution is 5.79. The van der Waals surface area contributed by atoms with Crippen LogP contribution < -0.4 is 5.73 Å². The Balaban J connectivity index is 2.79. The zero-order chi connectivity index (χ0) is 8.39. The fourth-order valence-corrected chi connectivity index (χ4v) is 1.21. The molecule has 0 bridgehead atoms. The second-order valence-corrected chi connectivity index (χ2v) is 2.54. The molecule has 0 unspecified atom stereocenters. The van der Waals surface area contributed by atoms with Gasteiger partial charge in [0.25, 0.3) is 0 Å². The van der Waals surface area contributed by atoms with Gasteiger partial charge in [-0.1, -0.05) is 6.07 Å². The molecule has 0 fully saturated rings. The number of aromatic nitrogens is 2. The minimum absolute atomic E-state index is 0.439. The first-order chi connectivity index (χ1) is 5.92. The van der Waals surface area contributed by atoms with Crippen molar-refractivity contribution in [3.05, 3.63) is 36.3 Å². The molecule has 2 heterocycles. The second kappa shape index (κ2) is 2.87. The van der Waals surface area contributed by atoms with Gasteiger partial charge in [-0.2, -0.15) is 0 Å². The maximum Gasteiger partial charge on any atom is 0.0930 e. The first-order valence-electron chi connectivity index (χ1n) is 3.80. The first-order valence-corrected chi connectivity index (χ1v) is 3.80. The minimum atomic E-state index is 0.439. The van der Waals surface area contributed by atoms with Gasteiger partial charge in [0.2, 0.25) is 0 Å². The van der Waals surface area contributed by atoms with E-state index < -0.39 is 0 Å². The summed E-state index contributed by atoms with van der Waals surface area (Å²) in [6, 6.07) is 5.84. The summed E-state index contributed by atoms with van der Waals surface area (Å²) < 4.78 is 0. The summed E-state index contributed by atoms with van der Waals surface area (Å²) >= 11 is 0. The van der Waals surface area contributed by atoms with E-state index in [-0.39, 0.29) is 0 Å². The lowest BCUT2D eigenvalue weighted by molar-refractivity contribution is 1.00. The Hall–Kier alpha value is -1.48. The molecule has 2 aromatic rings. The molecule has 0 atom stereocenters. The van der Waals surface area contributed by atoms with E-state index in [0.29, 0.717) is 6.54 Å². The fraction of sp³-hybridized carbons (Fsp3) is 0.111. The van der Waals surface area contributed by atoms with Gasteiger partial charge < -0.3 is 5.73 Å². The topological polar surface area (TPSA) is 51.8 Å². The van der Waals surface area contributed by atoms with E-state index in [2.05, 4.69) is 9.97 Å². The van der Waals surface area contributed by atoms with Crippen LogP contribution in [0.4, 0.5) is 0 Å². The van der Waals surface area contributed by atoms with Gasteiger partial charge >= 0.3 is 0 Å². The van der Waals surface area contributed by atoms with Crippen LogP contribution >= 0.6 is 0 Å². The van der Waals surface area contributed by atoms with Gasteiger partial charge in [0, 0.05) is 24.3 Å². The van der Waals surface area contributed by atoms with Crippen molar-refractivity contribution >= 4 is 10.9 Å². The third-order valence-electron chi connectivity index (χ3n) is 1.79. The largest absolute Gasteiger partial charge is 0.325 e. The van der Waals surface area contributed by atoms with Crippen LogP contribution in [0.15, 0.2) is 30.6 Å². The van der Waals surface area contributed by atoms with Crippen LogP contribution in [0.25, 0.3) is 10.9 Å². The summed E-state index contributed by atoms with van der Waals surface area (Å²) in [5, 5.41) is 1.09. The van der Waals surface area contributed by atoms with E-state index in [1.54, 1.807) is 12.4 Å². The maximum absolute atomic E-state index is 5.51. The summed E-state index contributed by atoms with van der Waals surface area (Å²) in [5.74, 6) is 0. The Morgan fingerprint density at radius 2 is 2.08 bits per heavy atom. The molecule has 0 spiro atoms. The van der Waals surface area contributed by atoms with Gasteiger partial charge in [-0.25, -0.2) is 0 Å². The van der Waals surface area contributed by atoms with Crippen LogP contribution in [0.2, 0.25) is 0 Å². The SMILES string of the molecule is NCc1nccc2cccnc12. The van der Waals surface area contributed by atoms with Gasteiger partial charge in [0.15, 0.2) is 0 Å². The molecule has 0 amide bonds. The zero-order valence-corrected chi connectivity index (χ0v) is 6.57. The number of hydrogen-bond donors (Lipinski definition) is 1. The fourth-order valence-electron chi connectivity index (χ4n) is 1.21. The van der Waals surface area contributed by atoms with Crippen molar-refractivity contribution in [3.63, 3.8) is 0 Å². The number of nitrogens with zero attached hydrogens (tertiary/aromatic N) is 2. The molecule has 2 rings (SSSR count). The molecule has 2 N–H and O–H groups in total. The number of pyridine rings is 2. The maximum atomic E-state index is 5.51. The quantitative estimate of drug-likeness (QED) is 0.677. The van der Waals surface area contributed by atoms with Crippen LogP contribution in [0.5, 0.6) is 0 Å². The summed E-state index contributed by atoms with van der Waals surface area (Å²) in [5.41, 5.74) is 7.27. The molecule has 0 saturated heterocycles.